The molecular formula is C8H14N4. The van der Waals surface area contributed by atoms with Crippen molar-refractivity contribution in [1.82, 2.24) is 5.43 Å². The van der Waals surface area contributed by atoms with Gasteiger partial charge in [-0.3, -0.25) is 5.43 Å². The van der Waals surface area contributed by atoms with Gasteiger partial charge in [-0.1, -0.05) is 26.0 Å². The maximum Gasteiger partial charge on any atom is 0.100 e. The largest absolute Gasteiger partial charge is 0.285 e. The monoisotopic (exact) mass is 166 g/mol. The van der Waals surface area contributed by atoms with E-state index in [0.29, 0.717) is 6.42 Å². The van der Waals surface area contributed by atoms with Crippen molar-refractivity contribution < 1.29 is 0 Å². The average molecular weight is 166 g/mol. The van der Waals surface area contributed by atoms with Crippen LogP contribution in [-0.4, -0.2) is 12.1 Å². The average Bonchev–Trinajstić information content (AvgIpc) is 2.34. The topological polar surface area (TPSA) is 60.5 Å². The highest BCUT2D eigenvalue weighted by Gasteiger charge is 2.35. The molecule has 0 saturated carbocycles. The van der Waals surface area contributed by atoms with Gasteiger partial charge in [0.25, 0.3) is 0 Å². The zero-order valence-corrected chi connectivity index (χ0v) is 7.70. The molecule has 0 radical (unpaired) electrons. The first-order chi connectivity index (χ1) is 5.55. The van der Waals surface area contributed by atoms with Gasteiger partial charge in [-0.25, -0.2) is 0 Å². The maximum absolute atomic E-state index is 8.54. The van der Waals surface area contributed by atoms with Crippen LogP contribution in [0.5, 0.6) is 0 Å². The van der Waals surface area contributed by atoms with E-state index in [1.807, 2.05) is 0 Å². The van der Waals surface area contributed by atoms with Crippen molar-refractivity contribution in [1.29, 1.82) is 5.26 Å². The second-order valence-electron chi connectivity index (χ2n) is 4.12. The van der Waals surface area contributed by atoms with E-state index >= 15 is 0 Å². The summed E-state index contributed by atoms with van der Waals surface area (Å²) in [6.45, 7) is 6.32. The van der Waals surface area contributed by atoms with Crippen molar-refractivity contribution in [3.05, 3.63) is 0 Å². The van der Waals surface area contributed by atoms with E-state index < -0.39 is 0 Å². The molecule has 2 atom stereocenters. The summed E-state index contributed by atoms with van der Waals surface area (Å²) in [7, 11) is 0. The van der Waals surface area contributed by atoms with E-state index in [1.165, 1.54) is 0 Å². The molecule has 0 saturated heterocycles. The second-order valence-corrected chi connectivity index (χ2v) is 4.12. The zero-order chi connectivity index (χ0) is 9.19. The minimum absolute atomic E-state index is 0.0779. The minimum Gasteiger partial charge on any atom is -0.285 e. The molecule has 2 unspecified atom stereocenters. The Morgan fingerprint density at radius 1 is 1.50 bits per heavy atom. The Bertz CT molecular complexity index is 220. The summed E-state index contributed by atoms with van der Waals surface area (Å²) in [5.41, 5.74) is 2.93. The summed E-state index contributed by atoms with van der Waals surface area (Å²) in [6.07, 6.45) is 0.467. The van der Waals surface area contributed by atoms with Crippen LogP contribution < -0.4 is 5.43 Å². The fraction of sp³-hybridized carbons (Fsp3) is 0.875. The van der Waals surface area contributed by atoms with Crippen molar-refractivity contribution >= 4 is 0 Å². The molecule has 66 valence electrons. The third kappa shape index (κ3) is 1.73. The Morgan fingerprint density at radius 2 is 2.17 bits per heavy atom. The molecule has 0 aromatic heterocycles. The molecule has 0 aliphatic carbocycles. The number of nitriles is 1. The molecule has 4 nitrogen and oxygen atoms in total. The molecule has 0 amide bonds. The fourth-order valence-corrected chi connectivity index (χ4v) is 1.35. The number of rotatable bonds is 1. The van der Waals surface area contributed by atoms with Crippen LogP contribution in [0.2, 0.25) is 0 Å². The lowest BCUT2D eigenvalue weighted by atomic mass is 9.82. The van der Waals surface area contributed by atoms with Crippen LogP contribution in [0.15, 0.2) is 10.3 Å². The van der Waals surface area contributed by atoms with Crippen LogP contribution in [0.1, 0.15) is 27.2 Å². The SMILES string of the molecule is CC(C)(C)C1N=NNC1CC#N. The molecule has 0 aromatic carbocycles. The zero-order valence-electron chi connectivity index (χ0n) is 7.70. The van der Waals surface area contributed by atoms with Gasteiger partial charge in [0, 0.05) is 0 Å². The quantitative estimate of drug-likeness (QED) is 0.643. The van der Waals surface area contributed by atoms with Gasteiger partial charge < -0.3 is 0 Å². The number of hydrogen-bond donors (Lipinski definition) is 1. The van der Waals surface area contributed by atoms with E-state index in [9.17, 15) is 0 Å². The van der Waals surface area contributed by atoms with Gasteiger partial charge in [0.05, 0.1) is 18.5 Å². The van der Waals surface area contributed by atoms with Crippen LogP contribution in [0.4, 0.5) is 0 Å². The van der Waals surface area contributed by atoms with Crippen molar-refractivity contribution in [3.8, 4) is 6.07 Å². The summed E-state index contributed by atoms with van der Waals surface area (Å²) >= 11 is 0. The van der Waals surface area contributed by atoms with Gasteiger partial charge >= 0.3 is 0 Å². The predicted molar refractivity (Wildman–Crippen MR) is 45.3 cm³/mol. The smallest absolute Gasteiger partial charge is 0.100 e. The predicted octanol–water partition coefficient (Wildman–Crippen LogP) is 1.65. The summed E-state index contributed by atoms with van der Waals surface area (Å²) < 4.78 is 0. The molecular weight excluding hydrogens is 152 g/mol. The first-order valence-electron chi connectivity index (χ1n) is 4.08. The second kappa shape index (κ2) is 3.10. The number of hydrogen-bond acceptors (Lipinski definition) is 4. The molecule has 1 rings (SSSR count). The maximum atomic E-state index is 8.54. The van der Waals surface area contributed by atoms with Crippen molar-refractivity contribution in [2.75, 3.05) is 0 Å². The molecule has 4 heteroatoms. The highest BCUT2D eigenvalue weighted by molar-refractivity contribution is 4.96. The highest BCUT2D eigenvalue weighted by Crippen LogP contribution is 2.28. The molecule has 0 fully saturated rings. The van der Waals surface area contributed by atoms with E-state index in [0.717, 1.165) is 0 Å². The summed E-state index contributed by atoms with van der Waals surface area (Å²) in [5.74, 6) is 0. The lowest BCUT2D eigenvalue weighted by Crippen LogP contribution is -2.38. The van der Waals surface area contributed by atoms with Crippen molar-refractivity contribution in [3.63, 3.8) is 0 Å². The lowest BCUT2D eigenvalue weighted by molar-refractivity contribution is 0.287. The van der Waals surface area contributed by atoms with E-state index in [-0.39, 0.29) is 17.5 Å². The van der Waals surface area contributed by atoms with Gasteiger partial charge in [-0.05, 0) is 5.41 Å². The van der Waals surface area contributed by atoms with Crippen molar-refractivity contribution in [2.24, 2.45) is 15.8 Å². The van der Waals surface area contributed by atoms with Crippen LogP contribution in [0.3, 0.4) is 0 Å². The van der Waals surface area contributed by atoms with Crippen LogP contribution in [0, 0.1) is 16.7 Å². The van der Waals surface area contributed by atoms with Crippen molar-refractivity contribution in [2.45, 2.75) is 39.3 Å². The minimum atomic E-state index is 0.0779. The van der Waals surface area contributed by atoms with Gasteiger partial charge in [-0.2, -0.15) is 10.4 Å². The molecule has 1 aliphatic heterocycles. The molecule has 1 N–H and O–H groups in total. The number of nitrogens with one attached hydrogen (secondary N) is 1. The molecule has 0 spiro atoms. The Labute approximate surface area is 72.6 Å². The summed E-state index contributed by atoms with van der Waals surface area (Å²) in [4.78, 5) is 0. The summed E-state index contributed by atoms with van der Waals surface area (Å²) in [6, 6.07) is 2.34. The molecule has 0 aromatic rings. The van der Waals surface area contributed by atoms with Crippen LogP contribution >= 0.6 is 0 Å². The Balaban J connectivity index is 2.64. The standard InChI is InChI=1S/C8H14N4/c1-8(2,3)7-6(4-5-9)10-12-11-7/h6-7H,4H2,1-3H3,(H,10,11). The summed E-state index contributed by atoms with van der Waals surface area (Å²) in [5, 5.41) is 16.4. The molecule has 1 heterocycles. The first-order valence-corrected chi connectivity index (χ1v) is 4.08. The third-order valence-electron chi connectivity index (χ3n) is 1.99. The van der Waals surface area contributed by atoms with Gasteiger partial charge in [0.15, 0.2) is 0 Å². The first kappa shape index (κ1) is 8.98. The van der Waals surface area contributed by atoms with Gasteiger partial charge in [0.1, 0.15) is 6.04 Å². The Morgan fingerprint density at radius 3 is 2.67 bits per heavy atom. The fourth-order valence-electron chi connectivity index (χ4n) is 1.35. The molecule has 12 heavy (non-hydrogen) atoms. The van der Waals surface area contributed by atoms with Crippen LogP contribution in [0.25, 0.3) is 0 Å². The molecule has 0 bridgehead atoms. The Kier molecular flexibility index (Phi) is 2.32. The lowest BCUT2D eigenvalue weighted by Gasteiger charge is -2.26. The van der Waals surface area contributed by atoms with E-state index in [4.69, 9.17) is 5.26 Å². The van der Waals surface area contributed by atoms with Crippen LogP contribution in [-0.2, 0) is 0 Å². The third-order valence-corrected chi connectivity index (χ3v) is 1.99. The van der Waals surface area contributed by atoms with Gasteiger partial charge in [0.2, 0.25) is 0 Å². The molecule has 1 aliphatic rings. The van der Waals surface area contributed by atoms with Gasteiger partial charge in [-0.15, -0.1) is 0 Å². The van der Waals surface area contributed by atoms with E-state index in [1.54, 1.807) is 0 Å². The normalized spacial score (nSPS) is 28.2. The Hall–Kier alpha value is -1.11. The number of nitrogens with zero attached hydrogens (tertiary/aromatic N) is 3. The highest BCUT2D eigenvalue weighted by atomic mass is 15.5. The van der Waals surface area contributed by atoms with E-state index in [2.05, 4.69) is 42.6 Å².